The summed E-state index contributed by atoms with van der Waals surface area (Å²) in [5.74, 6) is -1.56. The van der Waals surface area contributed by atoms with Crippen LogP contribution >= 0.6 is 23.2 Å². The van der Waals surface area contributed by atoms with E-state index in [1.54, 1.807) is 51.9 Å². The van der Waals surface area contributed by atoms with E-state index >= 15 is 0 Å². The van der Waals surface area contributed by atoms with E-state index in [4.69, 9.17) is 52.4 Å². The molecule has 400 valence electrons. The summed E-state index contributed by atoms with van der Waals surface area (Å²) in [6, 6.07) is 16.2. The Labute approximate surface area is 439 Å². The van der Waals surface area contributed by atoms with Gasteiger partial charge >= 0.3 is 11.9 Å². The van der Waals surface area contributed by atoms with Crippen LogP contribution in [0.3, 0.4) is 0 Å². The standard InChI is InChI=1S/C50H63Cl2N9O10.CH2O2/c1-5-56-12-14-57(16-17-59(30-46(66)67)19-18-58(15-13-56)29-45(64)65)28-44(63)53-11-7-10-43(62)54-36-9-6-8-33(22-36)38-26-39-42(27-41(38)69-4)71-31-40-47(49(68)60-20-21-70-32-50(60,2)3)55-61(48(39)40)37-24-34(51)23-35(52)25-37;2-1-3/h6,8-9,22-27H,5,7,10-21,28-32H2,1-4H3,(H,53,63)(H,54,62)(H,64,65)(H,66,67);1H,(H,2,3). The molecule has 7 rings (SSSR count). The van der Waals surface area contributed by atoms with E-state index in [1.807, 2.05) is 54.8 Å². The number of benzene rings is 3. The first kappa shape index (κ1) is 57.0. The first-order valence-corrected chi connectivity index (χ1v) is 25.1. The molecule has 0 unspecified atom stereocenters. The Morgan fingerprint density at radius 3 is 2.00 bits per heavy atom. The molecule has 0 spiro atoms. The third-order valence-electron chi connectivity index (χ3n) is 12.9. The number of aromatic nitrogens is 2. The molecule has 3 aromatic carbocycles. The monoisotopic (exact) mass is 1070 g/mol. The summed E-state index contributed by atoms with van der Waals surface area (Å²) < 4.78 is 19.6. The predicted octanol–water partition coefficient (Wildman–Crippen LogP) is 4.61. The zero-order valence-corrected chi connectivity index (χ0v) is 43.6. The molecule has 21 nitrogen and oxygen atoms in total. The van der Waals surface area contributed by atoms with Gasteiger partial charge in [0.1, 0.15) is 18.1 Å². The number of halogens is 2. The Balaban J connectivity index is 0.00000290. The van der Waals surface area contributed by atoms with Crippen LogP contribution in [0.25, 0.3) is 28.1 Å². The number of carbonyl (C=O) groups excluding carboxylic acids is 3. The molecule has 3 aliphatic rings. The summed E-state index contributed by atoms with van der Waals surface area (Å²) in [5.41, 5.74) is 4.10. The number of nitrogens with one attached hydrogen (secondary N) is 2. The lowest BCUT2D eigenvalue weighted by atomic mass is 9.95. The van der Waals surface area contributed by atoms with Crippen LogP contribution in [0, 0.1) is 0 Å². The third kappa shape index (κ3) is 15.4. The molecule has 3 amide bonds. The fourth-order valence-corrected chi connectivity index (χ4v) is 9.65. The number of hydrogen-bond acceptors (Lipinski definition) is 14. The number of anilines is 1. The molecule has 3 aliphatic heterocycles. The quantitative estimate of drug-likeness (QED) is 0.0759. The lowest BCUT2D eigenvalue weighted by Crippen LogP contribution is -2.55. The van der Waals surface area contributed by atoms with Crippen LogP contribution in [-0.2, 0) is 35.3 Å². The van der Waals surface area contributed by atoms with Gasteiger partial charge < -0.3 is 50.0 Å². The van der Waals surface area contributed by atoms with Crippen LogP contribution in [0.4, 0.5) is 5.69 Å². The molecule has 2 saturated heterocycles. The number of likely N-dealkylation sites (N-methyl/N-ethyl adjacent to an activating group) is 1. The highest BCUT2D eigenvalue weighted by atomic mass is 35.5. The van der Waals surface area contributed by atoms with Gasteiger partial charge in [-0.3, -0.25) is 43.5 Å². The SMILES string of the molecule is CCN1CCN(CC(=O)O)CCN(CC(=O)O)CCN(CC(=O)NCCCC(=O)Nc2cccc(-c3cc4c(cc3OC)OCc3c(C(=O)N5CCOCC5(C)C)nn(-c5cc(Cl)cc(Cl)c5)c3-4)c2)CC1.O=CO. The fraction of sp³-hybridized carbons (Fsp3) is 0.471. The molecule has 1 aromatic heterocycles. The van der Waals surface area contributed by atoms with Gasteiger partial charge in [0.05, 0.1) is 56.9 Å². The van der Waals surface area contributed by atoms with Gasteiger partial charge in [0.15, 0.2) is 5.69 Å². The number of aliphatic carboxylic acids is 2. The van der Waals surface area contributed by atoms with E-state index in [0.29, 0.717) is 134 Å². The average Bonchev–Trinajstić information content (AvgIpc) is 3.75. The van der Waals surface area contributed by atoms with Gasteiger partial charge in [0.2, 0.25) is 11.8 Å². The maximum Gasteiger partial charge on any atom is 0.317 e. The van der Waals surface area contributed by atoms with Gasteiger partial charge in [-0.1, -0.05) is 42.3 Å². The van der Waals surface area contributed by atoms with Crippen molar-refractivity contribution in [3.05, 3.63) is 75.9 Å². The molecule has 74 heavy (non-hydrogen) atoms. The van der Waals surface area contributed by atoms with Crippen LogP contribution < -0.4 is 20.1 Å². The molecule has 0 aliphatic carbocycles. The minimum absolute atomic E-state index is 0.0700. The summed E-state index contributed by atoms with van der Waals surface area (Å²) >= 11 is 13.0. The summed E-state index contributed by atoms with van der Waals surface area (Å²) in [4.78, 5) is 82.0. The van der Waals surface area contributed by atoms with Crippen molar-refractivity contribution in [2.75, 3.05) is 117 Å². The van der Waals surface area contributed by atoms with Crippen molar-refractivity contribution in [1.82, 2.24) is 39.6 Å². The van der Waals surface area contributed by atoms with E-state index in [1.165, 1.54) is 0 Å². The molecule has 5 N–H and O–H groups in total. The smallest absolute Gasteiger partial charge is 0.317 e. The predicted molar refractivity (Wildman–Crippen MR) is 278 cm³/mol. The summed E-state index contributed by atoms with van der Waals surface area (Å²) in [6.45, 7) is 11.8. The van der Waals surface area contributed by atoms with Crippen molar-refractivity contribution in [2.45, 2.75) is 45.8 Å². The molecule has 23 heteroatoms. The summed E-state index contributed by atoms with van der Waals surface area (Å²) in [6.07, 6.45) is 0.533. The van der Waals surface area contributed by atoms with Gasteiger partial charge in [-0.05, 0) is 68.8 Å². The minimum Gasteiger partial charge on any atom is -0.496 e. The average molecular weight is 1070 g/mol. The number of ether oxygens (including phenoxy) is 3. The van der Waals surface area contributed by atoms with Crippen LogP contribution in [-0.4, -0.2) is 203 Å². The number of morpholine rings is 1. The van der Waals surface area contributed by atoms with Gasteiger partial charge in [0, 0.05) is 110 Å². The molecule has 4 heterocycles. The largest absolute Gasteiger partial charge is 0.496 e. The highest BCUT2D eigenvalue weighted by Gasteiger charge is 2.39. The molecule has 0 bridgehead atoms. The highest BCUT2D eigenvalue weighted by molar-refractivity contribution is 6.34. The second kappa shape index (κ2) is 26.8. The molecule has 2 fully saturated rings. The van der Waals surface area contributed by atoms with E-state index in [-0.39, 0.29) is 69.1 Å². The van der Waals surface area contributed by atoms with Crippen molar-refractivity contribution in [3.63, 3.8) is 0 Å². The summed E-state index contributed by atoms with van der Waals surface area (Å²) in [7, 11) is 1.57. The maximum absolute atomic E-state index is 14.4. The zero-order valence-electron chi connectivity index (χ0n) is 42.1. The van der Waals surface area contributed by atoms with E-state index < -0.39 is 17.5 Å². The Kier molecular flexibility index (Phi) is 20.6. The number of methoxy groups -OCH3 is 1. The normalized spacial score (nSPS) is 16.6. The van der Waals surface area contributed by atoms with Gasteiger partial charge in [-0.25, -0.2) is 4.68 Å². The second-order valence-corrected chi connectivity index (χ2v) is 19.5. The van der Waals surface area contributed by atoms with Crippen molar-refractivity contribution in [2.24, 2.45) is 0 Å². The number of nitrogens with zero attached hydrogens (tertiary/aromatic N) is 7. The number of carboxylic acids is 2. The molecular weight excluding hydrogens is 1000 g/mol. The number of hydrogen-bond donors (Lipinski definition) is 5. The zero-order chi connectivity index (χ0) is 53.5. The van der Waals surface area contributed by atoms with E-state index in [0.717, 1.165) is 12.1 Å². The lowest BCUT2D eigenvalue weighted by molar-refractivity contribution is -0.140. The van der Waals surface area contributed by atoms with Crippen LogP contribution in [0.1, 0.15) is 49.7 Å². The maximum atomic E-state index is 14.4. The highest BCUT2D eigenvalue weighted by Crippen LogP contribution is 2.47. The van der Waals surface area contributed by atoms with Gasteiger partial charge in [-0.2, -0.15) is 5.10 Å². The lowest BCUT2D eigenvalue weighted by Gasteiger charge is -2.41. The van der Waals surface area contributed by atoms with Crippen LogP contribution in [0.2, 0.25) is 10.0 Å². The molecule has 0 radical (unpaired) electrons. The number of carbonyl (C=O) groups is 6. The van der Waals surface area contributed by atoms with Crippen molar-refractivity contribution >= 4 is 65.0 Å². The van der Waals surface area contributed by atoms with E-state index in [9.17, 15) is 34.2 Å². The van der Waals surface area contributed by atoms with Crippen molar-refractivity contribution in [3.8, 4) is 39.6 Å². The summed E-state index contributed by atoms with van der Waals surface area (Å²) in [5, 5.41) is 37.5. The van der Waals surface area contributed by atoms with Gasteiger partial charge in [-0.15, -0.1) is 0 Å². The molecular formula is C51H65Cl2N9O12. The number of amides is 3. The van der Waals surface area contributed by atoms with Crippen LogP contribution in [0.15, 0.2) is 54.6 Å². The third-order valence-corrected chi connectivity index (χ3v) is 13.4. The fourth-order valence-electron chi connectivity index (χ4n) is 9.13. The number of rotatable bonds is 16. The molecule has 0 atom stereocenters. The Hall–Kier alpha value is -6.33. The van der Waals surface area contributed by atoms with Crippen LogP contribution in [0.5, 0.6) is 11.5 Å². The van der Waals surface area contributed by atoms with Crippen molar-refractivity contribution < 1.29 is 58.3 Å². The molecule has 4 aromatic rings. The van der Waals surface area contributed by atoms with Crippen molar-refractivity contribution in [1.29, 1.82) is 0 Å². The Bertz CT molecular complexity index is 2630. The number of fused-ring (bicyclic) bond motifs is 3. The minimum atomic E-state index is -0.977. The Morgan fingerprint density at radius 2 is 1.42 bits per heavy atom. The van der Waals surface area contributed by atoms with Gasteiger partial charge in [0.25, 0.3) is 12.4 Å². The molecule has 0 saturated carbocycles. The Morgan fingerprint density at radius 1 is 0.811 bits per heavy atom. The first-order chi connectivity index (χ1) is 35.4. The first-order valence-electron chi connectivity index (χ1n) is 24.3. The second-order valence-electron chi connectivity index (χ2n) is 18.6. The number of carboxylic acid groups (broad SMARTS) is 3. The topological polar surface area (TPSA) is 249 Å². The van der Waals surface area contributed by atoms with E-state index in [2.05, 4.69) is 15.5 Å².